The van der Waals surface area contributed by atoms with Gasteiger partial charge >= 0.3 is 18.9 Å². The average Bonchev–Trinajstić information content (AvgIpc) is 2.22. The van der Waals surface area contributed by atoms with Gasteiger partial charge in [-0.3, -0.25) is 0 Å². The molecule has 1 saturated carbocycles. The Balaban J connectivity index is 0. The molecule has 1 rings (SSSR count). The van der Waals surface area contributed by atoms with Crippen LogP contribution in [0.15, 0.2) is 0 Å². The summed E-state index contributed by atoms with van der Waals surface area (Å²) in [4.78, 5) is 0. The van der Waals surface area contributed by atoms with E-state index in [0.717, 1.165) is 0 Å². The second kappa shape index (κ2) is 3.99. The molecule has 0 unspecified atom stereocenters. The second-order valence-electron chi connectivity index (χ2n) is 2.47. The van der Waals surface area contributed by atoms with Crippen LogP contribution in [0.25, 0.3) is 0 Å². The summed E-state index contributed by atoms with van der Waals surface area (Å²) in [5.74, 6) is 0. The molecule has 0 heterocycles. The minimum atomic E-state index is 0. The Kier molecular flexibility index (Phi) is 5.91. The molecular formula is C5H14AlLiO. The second-order valence-corrected chi connectivity index (χ2v) is 2.47. The zero-order valence-corrected chi connectivity index (χ0v) is 4.07. The summed E-state index contributed by atoms with van der Waals surface area (Å²) < 4.78 is 0. The maximum atomic E-state index is 8.47. The zero-order valence-electron chi connectivity index (χ0n) is 4.07. The van der Waals surface area contributed by atoms with Crippen LogP contribution in [0.1, 0.15) is 19.8 Å². The van der Waals surface area contributed by atoms with Gasteiger partial charge in [-0.1, -0.05) is 6.92 Å². The minimum absolute atomic E-state index is 0. The first-order chi connectivity index (χ1) is 2.77. The number of aliphatic hydroxyl groups is 1. The van der Waals surface area contributed by atoms with Crippen LogP contribution in [-0.4, -0.2) is 47.9 Å². The fourth-order valence-electron chi connectivity index (χ4n) is 0.372. The van der Waals surface area contributed by atoms with Crippen molar-refractivity contribution >= 4 is 36.2 Å². The molecule has 1 aliphatic rings. The molecule has 8 heavy (non-hydrogen) atoms. The fourth-order valence-corrected chi connectivity index (χ4v) is 0.372. The quantitative estimate of drug-likeness (QED) is 0.442. The molecule has 1 aliphatic carbocycles. The fraction of sp³-hybridized carbons (Fsp3) is 1.00. The normalized spacial score (nSPS) is 20.2. The van der Waals surface area contributed by atoms with Crippen molar-refractivity contribution in [1.82, 2.24) is 0 Å². The summed E-state index contributed by atoms with van der Waals surface area (Å²) >= 11 is 0. The Bertz CT molecular complexity index is 63.4. The van der Waals surface area contributed by atoms with Crippen molar-refractivity contribution in [1.29, 1.82) is 0 Å². The molecule has 1 N–H and O–H groups in total. The zero-order chi connectivity index (χ0) is 4.62. The van der Waals surface area contributed by atoms with Gasteiger partial charge in [0, 0.05) is 6.61 Å². The van der Waals surface area contributed by atoms with Gasteiger partial charge in [0.25, 0.3) is 0 Å². The Morgan fingerprint density at radius 3 is 1.88 bits per heavy atom. The molecule has 0 bridgehead atoms. The maximum absolute atomic E-state index is 8.47. The van der Waals surface area contributed by atoms with E-state index in [1.807, 2.05) is 0 Å². The van der Waals surface area contributed by atoms with Gasteiger partial charge in [-0.25, -0.2) is 0 Å². The first-order valence-electron chi connectivity index (χ1n) is 2.38. The van der Waals surface area contributed by atoms with Crippen LogP contribution in [0.5, 0.6) is 0 Å². The Labute approximate surface area is 73.2 Å². The van der Waals surface area contributed by atoms with Crippen LogP contribution >= 0.6 is 0 Å². The topological polar surface area (TPSA) is 20.2 Å². The van der Waals surface area contributed by atoms with Crippen LogP contribution in [-0.2, 0) is 0 Å². The Hall–Kier alpha value is 1.09. The first-order valence-corrected chi connectivity index (χ1v) is 2.38. The van der Waals surface area contributed by atoms with Gasteiger partial charge in [0.1, 0.15) is 0 Å². The van der Waals surface area contributed by atoms with Crippen molar-refractivity contribution in [3.05, 3.63) is 0 Å². The van der Waals surface area contributed by atoms with E-state index in [1.165, 1.54) is 12.8 Å². The van der Waals surface area contributed by atoms with E-state index >= 15 is 0 Å². The molecule has 0 saturated heterocycles. The molecule has 0 aromatic carbocycles. The molecule has 1 nitrogen and oxygen atoms in total. The number of hydrogen-bond donors (Lipinski definition) is 1. The van der Waals surface area contributed by atoms with E-state index in [1.54, 1.807) is 0 Å². The summed E-state index contributed by atoms with van der Waals surface area (Å²) in [6.45, 7) is 2.49. The Morgan fingerprint density at radius 1 is 1.50 bits per heavy atom. The third-order valence-corrected chi connectivity index (χ3v) is 1.49. The molecule has 0 atom stereocenters. The SMILES string of the molecule is CC1(CO)CC1.[AlH3].[LiH]. The average molecular weight is 124 g/mol. The molecule has 0 aromatic rings. The van der Waals surface area contributed by atoms with Gasteiger partial charge in [-0.15, -0.1) is 0 Å². The monoisotopic (exact) mass is 124 g/mol. The van der Waals surface area contributed by atoms with E-state index in [2.05, 4.69) is 6.92 Å². The van der Waals surface area contributed by atoms with Crippen molar-refractivity contribution < 1.29 is 5.11 Å². The summed E-state index contributed by atoms with van der Waals surface area (Å²) in [5, 5.41) is 8.47. The molecule has 0 aromatic heterocycles. The van der Waals surface area contributed by atoms with Gasteiger partial charge in [0.15, 0.2) is 17.4 Å². The van der Waals surface area contributed by atoms with Crippen LogP contribution in [0.3, 0.4) is 0 Å². The van der Waals surface area contributed by atoms with Gasteiger partial charge in [-0.05, 0) is 18.3 Å². The standard InChI is InChI=1S/C5H10O.Al.Li.4H/c1-5(4-6)2-3-5;;;;;;/h6H,2-4H2,1H3;;;;;;. The molecule has 44 valence electrons. The molecular weight excluding hydrogens is 110 g/mol. The van der Waals surface area contributed by atoms with Gasteiger partial charge in [-0.2, -0.15) is 0 Å². The molecule has 0 spiro atoms. The third-order valence-electron chi connectivity index (χ3n) is 1.49. The van der Waals surface area contributed by atoms with Crippen LogP contribution in [0.4, 0.5) is 0 Å². The van der Waals surface area contributed by atoms with E-state index < -0.39 is 0 Å². The van der Waals surface area contributed by atoms with Crippen LogP contribution in [0.2, 0.25) is 0 Å². The van der Waals surface area contributed by atoms with Crippen LogP contribution < -0.4 is 0 Å². The van der Waals surface area contributed by atoms with Gasteiger partial charge < -0.3 is 5.11 Å². The number of aliphatic hydroxyl groups excluding tert-OH is 1. The summed E-state index contributed by atoms with van der Waals surface area (Å²) in [6.07, 6.45) is 2.45. The van der Waals surface area contributed by atoms with E-state index in [0.29, 0.717) is 12.0 Å². The molecule has 1 fully saturated rings. The Morgan fingerprint density at radius 2 is 1.88 bits per heavy atom. The van der Waals surface area contributed by atoms with E-state index in [9.17, 15) is 0 Å². The molecule has 0 aliphatic heterocycles. The summed E-state index contributed by atoms with van der Waals surface area (Å²) in [5.41, 5.74) is 0.347. The van der Waals surface area contributed by atoms with Crippen molar-refractivity contribution in [3.63, 3.8) is 0 Å². The van der Waals surface area contributed by atoms with Crippen LogP contribution in [0, 0.1) is 5.41 Å². The van der Waals surface area contributed by atoms with Crippen molar-refractivity contribution in [2.75, 3.05) is 6.61 Å². The van der Waals surface area contributed by atoms with Gasteiger partial charge in [0.2, 0.25) is 0 Å². The number of hydrogen-bond acceptors (Lipinski definition) is 1. The summed E-state index contributed by atoms with van der Waals surface area (Å²) in [6, 6.07) is 0. The van der Waals surface area contributed by atoms with Crippen molar-refractivity contribution in [3.8, 4) is 0 Å². The molecule has 3 heteroatoms. The van der Waals surface area contributed by atoms with E-state index in [4.69, 9.17) is 5.11 Å². The summed E-state index contributed by atoms with van der Waals surface area (Å²) in [7, 11) is 0. The van der Waals surface area contributed by atoms with Gasteiger partial charge in [0.05, 0.1) is 0 Å². The molecule has 0 radical (unpaired) electrons. The molecule has 0 amide bonds. The van der Waals surface area contributed by atoms with E-state index in [-0.39, 0.29) is 36.2 Å². The van der Waals surface area contributed by atoms with Crippen molar-refractivity contribution in [2.45, 2.75) is 19.8 Å². The third kappa shape index (κ3) is 3.18. The predicted molar refractivity (Wildman–Crippen MR) is 41.5 cm³/mol. The first kappa shape index (κ1) is 11.8. The van der Waals surface area contributed by atoms with Crippen molar-refractivity contribution in [2.24, 2.45) is 5.41 Å². The predicted octanol–water partition coefficient (Wildman–Crippen LogP) is -1.05. The number of rotatable bonds is 1.